The van der Waals surface area contributed by atoms with Crippen LogP contribution in [0.5, 0.6) is 0 Å². The summed E-state index contributed by atoms with van der Waals surface area (Å²) in [4.78, 5) is 4.26. The standard InChI is InChI=1S/C21H20N2/c1-4-6-17(7-5-2)18-8-10-19(11-9-18)23-15-16(3)20-12-13-22-14-21(20)23/h4-15H,1H2,2-3H3/b7-5-,17-6+. The molecule has 0 aliphatic carbocycles. The lowest BCUT2D eigenvalue weighted by atomic mass is 10.0. The van der Waals surface area contributed by atoms with Gasteiger partial charge in [-0.15, -0.1) is 0 Å². The van der Waals surface area contributed by atoms with E-state index in [1.165, 1.54) is 16.5 Å². The van der Waals surface area contributed by atoms with Gasteiger partial charge >= 0.3 is 0 Å². The number of fused-ring (bicyclic) bond motifs is 1. The second-order valence-electron chi connectivity index (χ2n) is 5.48. The lowest BCUT2D eigenvalue weighted by Crippen LogP contribution is -1.92. The zero-order valence-corrected chi connectivity index (χ0v) is 13.5. The van der Waals surface area contributed by atoms with Crippen LogP contribution >= 0.6 is 0 Å². The second kappa shape index (κ2) is 6.49. The van der Waals surface area contributed by atoms with E-state index in [9.17, 15) is 0 Å². The van der Waals surface area contributed by atoms with Gasteiger partial charge in [-0.25, -0.2) is 0 Å². The molecular formula is C21H20N2. The molecule has 0 aliphatic heterocycles. The third-order valence-electron chi connectivity index (χ3n) is 3.93. The van der Waals surface area contributed by atoms with Gasteiger partial charge in [0.2, 0.25) is 0 Å². The first-order valence-corrected chi connectivity index (χ1v) is 7.72. The van der Waals surface area contributed by atoms with Gasteiger partial charge in [0.15, 0.2) is 0 Å². The normalized spacial score (nSPS) is 12.2. The molecule has 1 aromatic carbocycles. The van der Waals surface area contributed by atoms with Crippen molar-refractivity contribution in [1.82, 2.24) is 9.55 Å². The summed E-state index contributed by atoms with van der Waals surface area (Å²) in [6.07, 6.45) is 13.9. The summed E-state index contributed by atoms with van der Waals surface area (Å²) >= 11 is 0. The number of pyridine rings is 1. The average Bonchev–Trinajstić information content (AvgIpc) is 2.92. The predicted molar refractivity (Wildman–Crippen MR) is 98.8 cm³/mol. The minimum atomic E-state index is 1.13. The van der Waals surface area contributed by atoms with Gasteiger partial charge < -0.3 is 4.57 Å². The third kappa shape index (κ3) is 2.88. The highest BCUT2D eigenvalue weighted by Gasteiger charge is 2.07. The largest absolute Gasteiger partial charge is 0.315 e. The molecule has 2 heterocycles. The van der Waals surface area contributed by atoms with E-state index in [0.29, 0.717) is 0 Å². The van der Waals surface area contributed by atoms with E-state index in [1.807, 2.05) is 37.5 Å². The zero-order chi connectivity index (χ0) is 16.2. The predicted octanol–water partition coefficient (Wildman–Crippen LogP) is 5.48. The minimum Gasteiger partial charge on any atom is -0.315 e. The molecule has 2 heteroatoms. The monoisotopic (exact) mass is 300 g/mol. The number of hydrogen-bond donors (Lipinski definition) is 0. The van der Waals surface area contributed by atoms with Crippen molar-refractivity contribution < 1.29 is 0 Å². The maximum absolute atomic E-state index is 4.26. The number of nitrogens with zero attached hydrogens (tertiary/aromatic N) is 2. The van der Waals surface area contributed by atoms with Gasteiger partial charge in [0.05, 0.1) is 11.7 Å². The molecule has 0 radical (unpaired) electrons. The van der Waals surface area contributed by atoms with Crippen molar-refractivity contribution in [3.63, 3.8) is 0 Å². The summed E-state index contributed by atoms with van der Waals surface area (Å²) < 4.78 is 2.19. The molecule has 0 fully saturated rings. The molecule has 0 amide bonds. The summed E-state index contributed by atoms with van der Waals surface area (Å²) in [6, 6.07) is 10.6. The van der Waals surface area contributed by atoms with Crippen molar-refractivity contribution in [2.45, 2.75) is 13.8 Å². The summed E-state index contributed by atoms with van der Waals surface area (Å²) in [5, 5.41) is 1.24. The number of aryl methyl sites for hydroxylation is 1. The average molecular weight is 300 g/mol. The van der Waals surface area contributed by atoms with Crippen molar-refractivity contribution in [2.24, 2.45) is 0 Å². The van der Waals surface area contributed by atoms with Crippen LogP contribution in [0.1, 0.15) is 18.1 Å². The first kappa shape index (κ1) is 15.0. The summed E-state index contributed by atoms with van der Waals surface area (Å²) in [5.74, 6) is 0. The van der Waals surface area contributed by atoms with Gasteiger partial charge in [-0.05, 0) is 48.7 Å². The van der Waals surface area contributed by atoms with Crippen molar-refractivity contribution >= 4 is 16.5 Å². The first-order chi connectivity index (χ1) is 11.2. The fraction of sp³-hybridized carbons (Fsp3) is 0.0952. The van der Waals surface area contributed by atoms with Crippen LogP contribution in [-0.2, 0) is 0 Å². The molecule has 0 atom stereocenters. The highest BCUT2D eigenvalue weighted by molar-refractivity contribution is 5.84. The van der Waals surface area contributed by atoms with E-state index in [-0.39, 0.29) is 0 Å². The van der Waals surface area contributed by atoms with Gasteiger partial charge in [0, 0.05) is 23.5 Å². The Hall–Kier alpha value is -2.87. The van der Waals surface area contributed by atoms with Crippen LogP contribution in [0.15, 0.2) is 79.8 Å². The summed E-state index contributed by atoms with van der Waals surface area (Å²) in [7, 11) is 0. The first-order valence-electron chi connectivity index (χ1n) is 7.72. The van der Waals surface area contributed by atoms with E-state index >= 15 is 0 Å². The van der Waals surface area contributed by atoms with E-state index in [2.05, 4.69) is 65.7 Å². The SMILES string of the molecule is C=C/C=C(\C=C/C)c1ccc(-n2cc(C)c3ccncc32)cc1. The van der Waals surface area contributed by atoms with Crippen LogP contribution in [0, 0.1) is 6.92 Å². The molecule has 0 N–H and O–H groups in total. The van der Waals surface area contributed by atoms with Crippen LogP contribution in [0.2, 0.25) is 0 Å². The van der Waals surface area contributed by atoms with Crippen molar-refractivity contribution in [2.75, 3.05) is 0 Å². The van der Waals surface area contributed by atoms with Gasteiger partial charge in [0.1, 0.15) is 0 Å². The number of hydrogen-bond acceptors (Lipinski definition) is 1. The second-order valence-corrected chi connectivity index (χ2v) is 5.48. The Balaban J connectivity index is 2.05. The number of rotatable bonds is 4. The Kier molecular flexibility index (Phi) is 4.24. The molecule has 2 aromatic heterocycles. The molecule has 2 nitrogen and oxygen atoms in total. The van der Waals surface area contributed by atoms with E-state index in [4.69, 9.17) is 0 Å². The van der Waals surface area contributed by atoms with Crippen molar-refractivity contribution in [3.8, 4) is 5.69 Å². The zero-order valence-electron chi connectivity index (χ0n) is 13.5. The number of aromatic nitrogens is 2. The molecule has 23 heavy (non-hydrogen) atoms. The van der Waals surface area contributed by atoms with Gasteiger partial charge in [-0.2, -0.15) is 0 Å². The Morgan fingerprint density at radius 2 is 1.96 bits per heavy atom. The molecule has 0 unspecified atom stereocenters. The van der Waals surface area contributed by atoms with Crippen LogP contribution in [0.3, 0.4) is 0 Å². The Labute approximate surface area is 137 Å². The Morgan fingerprint density at radius 1 is 1.17 bits per heavy atom. The smallest absolute Gasteiger partial charge is 0.0715 e. The third-order valence-corrected chi connectivity index (χ3v) is 3.93. The molecule has 3 aromatic rings. The van der Waals surface area contributed by atoms with Gasteiger partial charge in [-0.1, -0.05) is 43.0 Å². The number of allylic oxidation sites excluding steroid dienone is 5. The maximum Gasteiger partial charge on any atom is 0.0715 e. The number of benzene rings is 1. The topological polar surface area (TPSA) is 17.8 Å². The fourth-order valence-electron chi connectivity index (χ4n) is 2.83. The van der Waals surface area contributed by atoms with E-state index in [0.717, 1.165) is 16.8 Å². The molecular weight excluding hydrogens is 280 g/mol. The molecule has 3 rings (SSSR count). The van der Waals surface area contributed by atoms with Crippen molar-refractivity contribution in [1.29, 1.82) is 0 Å². The maximum atomic E-state index is 4.26. The molecule has 0 bridgehead atoms. The van der Waals surface area contributed by atoms with E-state index < -0.39 is 0 Å². The molecule has 0 spiro atoms. The minimum absolute atomic E-state index is 1.13. The fourth-order valence-corrected chi connectivity index (χ4v) is 2.83. The molecule has 0 saturated heterocycles. The van der Waals surface area contributed by atoms with Crippen LogP contribution < -0.4 is 0 Å². The highest BCUT2D eigenvalue weighted by atomic mass is 15.0. The lowest BCUT2D eigenvalue weighted by Gasteiger charge is -2.07. The lowest BCUT2D eigenvalue weighted by molar-refractivity contribution is 1.11. The molecule has 114 valence electrons. The Morgan fingerprint density at radius 3 is 2.65 bits per heavy atom. The summed E-state index contributed by atoms with van der Waals surface area (Å²) in [5.41, 5.74) is 5.86. The van der Waals surface area contributed by atoms with Crippen LogP contribution in [-0.4, -0.2) is 9.55 Å². The van der Waals surface area contributed by atoms with Crippen LogP contribution in [0.4, 0.5) is 0 Å². The quantitative estimate of drug-likeness (QED) is 0.583. The Bertz CT molecular complexity index is 893. The van der Waals surface area contributed by atoms with Gasteiger partial charge in [-0.3, -0.25) is 4.98 Å². The molecule has 0 aliphatic rings. The molecule has 0 saturated carbocycles. The van der Waals surface area contributed by atoms with Crippen LogP contribution in [0.25, 0.3) is 22.2 Å². The van der Waals surface area contributed by atoms with Crippen molar-refractivity contribution in [3.05, 3.63) is 90.9 Å². The summed E-state index contributed by atoms with van der Waals surface area (Å²) in [6.45, 7) is 7.94. The van der Waals surface area contributed by atoms with Gasteiger partial charge in [0.25, 0.3) is 0 Å². The van der Waals surface area contributed by atoms with E-state index in [1.54, 1.807) is 0 Å². The highest BCUT2D eigenvalue weighted by Crippen LogP contribution is 2.25.